The van der Waals surface area contributed by atoms with Crippen LogP contribution in [-0.2, 0) is 10.9 Å². The fraction of sp³-hybridized carbons (Fsp3) is 0.448. The molecule has 0 aliphatic carbocycles. The summed E-state index contributed by atoms with van der Waals surface area (Å²) in [6, 6.07) is 7.41. The lowest BCUT2D eigenvalue weighted by Gasteiger charge is -2.35. The van der Waals surface area contributed by atoms with Crippen LogP contribution in [0, 0.1) is 0 Å². The van der Waals surface area contributed by atoms with Gasteiger partial charge in [-0.05, 0) is 56.4 Å². The Bertz CT molecular complexity index is 1470. The summed E-state index contributed by atoms with van der Waals surface area (Å²) >= 11 is 0. The number of nitrogens with zero attached hydrogens (tertiary/aromatic N) is 6. The number of ether oxygens (including phenoxy) is 1. The number of carbonyl (C=O) groups excluding carboxylic acids is 2. The number of anilines is 2. The second kappa shape index (κ2) is 13.6. The van der Waals surface area contributed by atoms with E-state index in [-0.39, 0.29) is 17.2 Å². The third-order valence-corrected chi connectivity index (χ3v) is 7.61. The minimum absolute atomic E-state index is 0.115. The number of carbonyl (C=O) groups is 2. The van der Waals surface area contributed by atoms with E-state index in [1.54, 1.807) is 18.2 Å². The lowest BCUT2D eigenvalue weighted by molar-refractivity contribution is -0.137. The average Bonchev–Trinajstić information content (AvgIpc) is 3.50. The van der Waals surface area contributed by atoms with Crippen molar-refractivity contribution in [3.63, 3.8) is 0 Å². The van der Waals surface area contributed by atoms with E-state index in [1.165, 1.54) is 10.9 Å². The Morgan fingerprint density at radius 2 is 1.75 bits per heavy atom. The second-order valence-electron chi connectivity index (χ2n) is 10.8. The molecule has 2 aliphatic rings. The molecule has 15 heteroatoms. The van der Waals surface area contributed by atoms with E-state index in [9.17, 15) is 27.9 Å². The number of likely N-dealkylation sites (N-methyl/N-ethyl adjacent to an activating group) is 1. The first-order chi connectivity index (χ1) is 21.1. The van der Waals surface area contributed by atoms with E-state index in [1.807, 2.05) is 7.05 Å². The van der Waals surface area contributed by atoms with Crippen LogP contribution in [0.4, 0.5) is 24.5 Å². The molecule has 3 heterocycles. The van der Waals surface area contributed by atoms with E-state index in [0.29, 0.717) is 62.0 Å². The smallest absolute Gasteiger partial charge is 0.416 e. The normalized spacial score (nSPS) is 16.6. The number of amides is 2. The standard InChI is InChI=1S/C29H35F3N8O4/c1-37-7-9-39(10-8-37)26-4-3-22(18-24(26)34-27(42)20-15-21(29(30,31)32)17-23(41)16-20)40-19-25(35-36-40)28(43)33-5-2-6-38-11-13-44-14-12-38/h3-4,15-19,41H,2,5-14H2,1H3,(H,33,43)(H,34,42). The molecule has 3 aromatic rings. The van der Waals surface area contributed by atoms with Gasteiger partial charge >= 0.3 is 6.18 Å². The lowest BCUT2D eigenvalue weighted by atomic mass is 10.1. The van der Waals surface area contributed by atoms with Crippen molar-refractivity contribution in [1.82, 2.24) is 30.1 Å². The maximum atomic E-state index is 13.3. The first-order valence-electron chi connectivity index (χ1n) is 14.4. The van der Waals surface area contributed by atoms with Crippen molar-refractivity contribution >= 4 is 23.2 Å². The maximum Gasteiger partial charge on any atom is 0.416 e. The zero-order chi connectivity index (χ0) is 31.3. The first kappa shape index (κ1) is 31.2. The quantitative estimate of drug-likeness (QED) is 0.311. The number of halogens is 3. The highest BCUT2D eigenvalue weighted by molar-refractivity contribution is 6.06. The molecule has 0 spiro atoms. The maximum absolute atomic E-state index is 13.3. The van der Waals surface area contributed by atoms with Gasteiger partial charge in [0, 0.05) is 51.4 Å². The molecule has 0 unspecified atom stereocenters. The average molecular weight is 617 g/mol. The van der Waals surface area contributed by atoms with Gasteiger partial charge in [-0.1, -0.05) is 5.21 Å². The summed E-state index contributed by atoms with van der Waals surface area (Å²) in [4.78, 5) is 32.4. The van der Waals surface area contributed by atoms with Gasteiger partial charge in [0.1, 0.15) is 5.75 Å². The topological polar surface area (TPSA) is 128 Å². The van der Waals surface area contributed by atoms with Gasteiger partial charge < -0.3 is 30.3 Å². The summed E-state index contributed by atoms with van der Waals surface area (Å²) in [5.74, 6) is -1.87. The minimum Gasteiger partial charge on any atom is -0.508 e. The Morgan fingerprint density at radius 1 is 1.00 bits per heavy atom. The monoisotopic (exact) mass is 616 g/mol. The zero-order valence-electron chi connectivity index (χ0n) is 24.3. The Morgan fingerprint density at radius 3 is 2.48 bits per heavy atom. The highest BCUT2D eigenvalue weighted by Crippen LogP contribution is 2.34. The van der Waals surface area contributed by atoms with Crippen LogP contribution in [-0.4, -0.2) is 114 Å². The van der Waals surface area contributed by atoms with Crippen LogP contribution >= 0.6 is 0 Å². The van der Waals surface area contributed by atoms with E-state index in [2.05, 4.69) is 35.6 Å². The fourth-order valence-electron chi connectivity index (χ4n) is 5.10. The molecule has 236 valence electrons. The van der Waals surface area contributed by atoms with Gasteiger partial charge in [-0.2, -0.15) is 13.2 Å². The van der Waals surface area contributed by atoms with Gasteiger partial charge in [0.25, 0.3) is 11.8 Å². The largest absolute Gasteiger partial charge is 0.508 e. The van der Waals surface area contributed by atoms with Crippen LogP contribution in [0.3, 0.4) is 0 Å². The fourth-order valence-corrected chi connectivity index (χ4v) is 5.10. The zero-order valence-corrected chi connectivity index (χ0v) is 24.3. The first-order valence-corrected chi connectivity index (χ1v) is 14.4. The van der Waals surface area contributed by atoms with Gasteiger partial charge in [-0.15, -0.1) is 5.10 Å². The minimum atomic E-state index is -4.74. The lowest BCUT2D eigenvalue weighted by Crippen LogP contribution is -2.44. The number of phenols is 1. The van der Waals surface area contributed by atoms with Crippen molar-refractivity contribution in [2.45, 2.75) is 12.6 Å². The number of morpholine rings is 1. The van der Waals surface area contributed by atoms with Crippen LogP contribution < -0.4 is 15.5 Å². The van der Waals surface area contributed by atoms with Crippen molar-refractivity contribution < 1.29 is 32.6 Å². The third-order valence-electron chi connectivity index (χ3n) is 7.61. The van der Waals surface area contributed by atoms with Crippen molar-refractivity contribution in [2.75, 3.05) is 82.8 Å². The van der Waals surface area contributed by atoms with Crippen molar-refractivity contribution in [1.29, 1.82) is 0 Å². The summed E-state index contributed by atoms with van der Waals surface area (Å²) in [7, 11) is 2.01. The Labute approximate surface area is 252 Å². The Hall–Kier alpha value is -4.21. The molecule has 2 aliphatic heterocycles. The summed E-state index contributed by atoms with van der Waals surface area (Å²) < 4.78 is 46.7. The summed E-state index contributed by atoms with van der Waals surface area (Å²) in [6.45, 7) is 7.41. The van der Waals surface area contributed by atoms with Gasteiger partial charge in [0.05, 0.1) is 42.0 Å². The molecule has 0 bridgehead atoms. The molecule has 2 fully saturated rings. The van der Waals surface area contributed by atoms with Crippen LogP contribution in [0.5, 0.6) is 5.75 Å². The van der Waals surface area contributed by atoms with Gasteiger partial charge in [0.2, 0.25) is 0 Å². The molecular weight excluding hydrogens is 581 g/mol. The molecule has 3 N–H and O–H groups in total. The van der Waals surface area contributed by atoms with E-state index >= 15 is 0 Å². The Balaban J connectivity index is 1.33. The third kappa shape index (κ3) is 7.84. The van der Waals surface area contributed by atoms with E-state index < -0.39 is 23.4 Å². The van der Waals surface area contributed by atoms with Crippen LogP contribution in [0.1, 0.15) is 32.8 Å². The molecule has 5 rings (SSSR count). The number of hydrogen-bond donors (Lipinski definition) is 3. The number of hydrogen-bond acceptors (Lipinski definition) is 9. The molecule has 0 radical (unpaired) electrons. The second-order valence-corrected chi connectivity index (χ2v) is 10.8. The number of piperazine rings is 1. The number of phenolic OH excluding ortho intramolecular Hbond substituents is 1. The van der Waals surface area contributed by atoms with E-state index in [0.717, 1.165) is 45.2 Å². The van der Waals surface area contributed by atoms with Crippen molar-refractivity contribution in [2.24, 2.45) is 0 Å². The number of alkyl halides is 3. The molecule has 2 amide bonds. The molecule has 12 nitrogen and oxygen atoms in total. The summed E-state index contributed by atoms with van der Waals surface area (Å²) in [5.41, 5.74) is 0.113. The number of aromatic hydroxyl groups is 1. The number of aromatic nitrogens is 3. The van der Waals surface area contributed by atoms with Crippen molar-refractivity contribution in [3.05, 3.63) is 59.4 Å². The van der Waals surface area contributed by atoms with Gasteiger partial charge in [-0.25, -0.2) is 4.68 Å². The van der Waals surface area contributed by atoms with Gasteiger partial charge in [-0.3, -0.25) is 14.5 Å². The molecule has 2 aromatic carbocycles. The summed E-state index contributed by atoms with van der Waals surface area (Å²) in [6.07, 6.45) is -2.49. The van der Waals surface area contributed by atoms with Crippen molar-refractivity contribution in [3.8, 4) is 11.4 Å². The highest BCUT2D eigenvalue weighted by Gasteiger charge is 2.32. The number of benzene rings is 2. The van der Waals surface area contributed by atoms with Crippen LogP contribution in [0.2, 0.25) is 0 Å². The van der Waals surface area contributed by atoms with Crippen LogP contribution in [0.25, 0.3) is 5.69 Å². The SMILES string of the molecule is CN1CCN(c2ccc(-n3cc(C(=O)NCCCN4CCOCC4)nn3)cc2NC(=O)c2cc(O)cc(C(F)(F)F)c2)CC1. The molecule has 1 aromatic heterocycles. The Kier molecular flexibility index (Phi) is 9.66. The predicted molar refractivity (Wildman–Crippen MR) is 156 cm³/mol. The number of nitrogens with one attached hydrogen (secondary N) is 2. The summed E-state index contributed by atoms with van der Waals surface area (Å²) in [5, 5.41) is 23.5. The molecule has 2 saturated heterocycles. The molecule has 0 atom stereocenters. The molecule has 44 heavy (non-hydrogen) atoms. The molecular formula is C29H35F3N8O4. The van der Waals surface area contributed by atoms with Gasteiger partial charge in [0.15, 0.2) is 5.69 Å². The van der Waals surface area contributed by atoms with Crippen LogP contribution in [0.15, 0.2) is 42.6 Å². The number of rotatable bonds is 9. The molecule has 0 saturated carbocycles. The highest BCUT2D eigenvalue weighted by atomic mass is 19.4. The predicted octanol–water partition coefficient (Wildman–Crippen LogP) is 2.45. The van der Waals surface area contributed by atoms with E-state index in [4.69, 9.17) is 4.74 Å².